The average molecular weight is 350 g/mol. The van der Waals surface area contributed by atoms with Crippen LogP contribution in [0.25, 0.3) is 0 Å². The van der Waals surface area contributed by atoms with E-state index in [4.69, 9.17) is 11.5 Å². The Morgan fingerprint density at radius 1 is 0.769 bits per heavy atom. The van der Waals surface area contributed by atoms with Gasteiger partial charge >= 0.3 is 0 Å². The first-order valence-electron chi connectivity index (χ1n) is 7.41. The van der Waals surface area contributed by atoms with Crippen LogP contribution in [0.3, 0.4) is 0 Å². The number of nitrogens with two attached hydrogens (primary N) is 2. The fourth-order valence-corrected chi connectivity index (χ4v) is 2.01. The summed E-state index contributed by atoms with van der Waals surface area (Å²) in [6, 6.07) is 10.9. The van der Waals surface area contributed by atoms with Crippen molar-refractivity contribution in [3.63, 3.8) is 0 Å². The molecule has 0 unspecified atom stereocenters. The van der Waals surface area contributed by atoms with Gasteiger partial charge in [-0.1, -0.05) is 12.1 Å². The summed E-state index contributed by atoms with van der Waals surface area (Å²) in [6.07, 6.45) is 1.11. The molecule has 6 N–H and O–H groups in total. The van der Waals surface area contributed by atoms with E-state index < -0.39 is 11.8 Å². The van der Waals surface area contributed by atoms with E-state index in [-0.39, 0.29) is 34.7 Å². The van der Waals surface area contributed by atoms with Crippen molar-refractivity contribution >= 4 is 35.1 Å². The number of hydrogen-bond acceptors (Lipinski definition) is 8. The third-order valence-electron chi connectivity index (χ3n) is 3.16. The van der Waals surface area contributed by atoms with Crippen molar-refractivity contribution in [2.45, 2.75) is 0 Å². The van der Waals surface area contributed by atoms with Crippen molar-refractivity contribution < 1.29 is 9.59 Å². The van der Waals surface area contributed by atoms with Crippen LogP contribution in [0.4, 0.5) is 23.3 Å². The highest BCUT2D eigenvalue weighted by Crippen LogP contribution is 2.10. The second-order valence-electron chi connectivity index (χ2n) is 5.09. The molecule has 10 heteroatoms. The summed E-state index contributed by atoms with van der Waals surface area (Å²) < 4.78 is 0. The first-order chi connectivity index (χ1) is 12.5. The van der Waals surface area contributed by atoms with Crippen LogP contribution in [0, 0.1) is 0 Å². The Kier molecular flexibility index (Phi) is 4.65. The number of carbonyl (C=O) groups is 2. The molecule has 130 valence electrons. The highest BCUT2D eigenvalue weighted by Gasteiger charge is 2.14. The molecule has 0 aliphatic heterocycles. The van der Waals surface area contributed by atoms with Crippen molar-refractivity contribution in [1.82, 2.24) is 19.9 Å². The third kappa shape index (κ3) is 4.06. The van der Waals surface area contributed by atoms with Crippen molar-refractivity contribution in [2.24, 2.45) is 0 Å². The number of aromatic nitrogens is 4. The summed E-state index contributed by atoms with van der Waals surface area (Å²) in [5.41, 5.74) is 11.1. The first-order valence-corrected chi connectivity index (χ1v) is 7.41. The van der Waals surface area contributed by atoms with Gasteiger partial charge in [-0.05, 0) is 24.3 Å². The maximum Gasteiger partial charge on any atom is 0.275 e. The number of rotatable bonds is 4. The number of nitrogen functional groups attached to an aromatic ring is 2. The van der Waals surface area contributed by atoms with Crippen molar-refractivity contribution in [2.75, 3.05) is 22.1 Å². The molecule has 3 heterocycles. The molecule has 0 saturated carbocycles. The number of nitrogens with one attached hydrogen (secondary N) is 2. The van der Waals surface area contributed by atoms with Crippen LogP contribution in [0.5, 0.6) is 0 Å². The number of amides is 2. The van der Waals surface area contributed by atoms with Gasteiger partial charge < -0.3 is 22.1 Å². The molecule has 0 aromatic carbocycles. The molecule has 0 radical (unpaired) electrons. The van der Waals surface area contributed by atoms with Crippen LogP contribution in [0.15, 0.2) is 48.8 Å². The number of nitrogens with zero attached hydrogens (tertiary/aromatic N) is 4. The average Bonchev–Trinajstić information content (AvgIpc) is 2.62. The lowest BCUT2D eigenvalue weighted by Gasteiger charge is -2.06. The molecule has 0 aliphatic rings. The topological polar surface area (TPSA) is 162 Å². The molecule has 10 nitrogen and oxygen atoms in total. The zero-order valence-corrected chi connectivity index (χ0v) is 13.4. The van der Waals surface area contributed by atoms with Crippen LogP contribution in [0.1, 0.15) is 21.0 Å². The van der Waals surface area contributed by atoms with Gasteiger partial charge in [-0.2, -0.15) is 0 Å². The smallest absolute Gasteiger partial charge is 0.275 e. The third-order valence-corrected chi connectivity index (χ3v) is 3.16. The predicted molar refractivity (Wildman–Crippen MR) is 95.2 cm³/mol. The predicted octanol–water partition coefficient (Wildman–Crippen LogP) is 0.936. The molecule has 2 amide bonds. The molecule has 3 aromatic rings. The van der Waals surface area contributed by atoms with Gasteiger partial charge in [0.15, 0.2) is 0 Å². The van der Waals surface area contributed by atoms with Gasteiger partial charge in [-0.25, -0.2) is 19.9 Å². The zero-order chi connectivity index (χ0) is 18.5. The molecular weight excluding hydrogens is 336 g/mol. The molecule has 3 rings (SSSR count). The number of pyridine rings is 2. The van der Waals surface area contributed by atoms with E-state index in [2.05, 4.69) is 30.6 Å². The minimum absolute atomic E-state index is 0.00471. The summed E-state index contributed by atoms with van der Waals surface area (Å²) in [5.74, 6) is -0.0456. The fourth-order valence-electron chi connectivity index (χ4n) is 2.01. The molecule has 3 aromatic heterocycles. The molecule has 0 atom stereocenters. The lowest BCUT2D eigenvalue weighted by molar-refractivity contribution is 0.102. The van der Waals surface area contributed by atoms with E-state index >= 15 is 0 Å². The second-order valence-corrected chi connectivity index (χ2v) is 5.09. The molecule has 0 spiro atoms. The molecular formula is C16H14N8O2. The number of hydrogen-bond donors (Lipinski definition) is 4. The van der Waals surface area contributed by atoms with Gasteiger partial charge in [0.2, 0.25) is 0 Å². The molecule has 26 heavy (non-hydrogen) atoms. The van der Waals surface area contributed by atoms with Crippen LogP contribution in [-0.2, 0) is 0 Å². The Morgan fingerprint density at radius 3 is 1.65 bits per heavy atom. The largest absolute Gasteiger partial charge is 0.384 e. The minimum Gasteiger partial charge on any atom is -0.384 e. The Labute approximate surface area is 147 Å². The Morgan fingerprint density at radius 2 is 1.23 bits per heavy atom. The molecule has 0 fully saturated rings. The normalized spacial score (nSPS) is 10.2. The van der Waals surface area contributed by atoms with Gasteiger partial charge in [-0.15, -0.1) is 0 Å². The van der Waals surface area contributed by atoms with Gasteiger partial charge in [-0.3, -0.25) is 9.59 Å². The zero-order valence-electron chi connectivity index (χ0n) is 13.4. The summed E-state index contributed by atoms with van der Waals surface area (Å²) in [6.45, 7) is 0. The maximum atomic E-state index is 12.3. The molecule has 0 aliphatic carbocycles. The standard InChI is InChI=1S/C16H14N8O2/c17-11-3-1-5-13(21-11)23-15(25)9-7-10(20-8-19-9)16(26)24-14-6-2-4-12(18)22-14/h1-8H,(H3,17,21,23,25)(H3,18,22,24,26). The van der Waals surface area contributed by atoms with E-state index in [1.54, 1.807) is 36.4 Å². The quantitative estimate of drug-likeness (QED) is 0.540. The highest BCUT2D eigenvalue weighted by molar-refractivity contribution is 6.06. The monoisotopic (exact) mass is 350 g/mol. The van der Waals surface area contributed by atoms with E-state index in [1.165, 1.54) is 6.07 Å². The van der Waals surface area contributed by atoms with Gasteiger partial charge in [0.25, 0.3) is 11.8 Å². The number of carbonyl (C=O) groups excluding carboxylic acids is 2. The minimum atomic E-state index is -0.554. The Bertz CT molecular complexity index is 901. The first kappa shape index (κ1) is 16.8. The summed E-state index contributed by atoms with van der Waals surface area (Å²) >= 11 is 0. The highest BCUT2D eigenvalue weighted by atomic mass is 16.2. The SMILES string of the molecule is Nc1cccc(NC(=O)c2cc(C(=O)Nc3cccc(N)n3)ncn2)n1. The fraction of sp³-hybridized carbons (Fsp3) is 0. The van der Waals surface area contributed by atoms with Crippen LogP contribution in [0.2, 0.25) is 0 Å². The van der Waals surface area contributed by atoms with Crippen molar-refractivity contribution in [1.29, 1.82) is 0 Å². The molecule has 0 saturated heterocycles. The summed E-state index contributed by atoms with van der Waals surface area (Å²) in [5, 5.41) is 5.08. The summed E-state index contributed by atoms with van der Waals surface area (Å²) in [7, 11) is 0. The number of anilines is 4. The van der Waals surface area contributed by atoms with Crippen LogP contribution in [-0.4, -0.2) is 31.8 Å². The lowest BCUT2D eigenvalue weighted by atomic mass is 10.3. The Balaban J connectivity index is 1.75. The second kappa shape index (κ2) is 7.21. The maximum absolute atomic E-state index is 12.3. The van der Waals surface area contributed by atoms with Crippen LogP contribution >= 0.6 is 0 Å². The summed E-state index contributed by atoms with van der Waals surface area (Å²) in [4.78, 5) is 40.2. The van der Waals surface area contributed by atoms with Gasteiger partial charge in [0.05, 0.1) is 0 Å². The van der Waals surface area contributed by atoms with E-state index in [0.29, 0.717) is 0 Å². The van der Waals surface area contributed by atoms with Crippen molar-refractivity contribution in [3.8, 4) is 0 Å². The van der Waals surface area contributed by atoms with Gasteiger partial charge in [0.1, 0.15) is 41.0 Å². The van der Waals surface area contributed by atoms with Gasteiger partial charge in [0, 0.05) is 6.07 Å². The van der Waals surface area contributed by atoms with E-state index in [9.17, 15) is 9.59 Å². The van der Waals surface area contributed by atoms with E-state index in [0.717, 1.165) is 6.33 Å². The van der Waals surface area contributed by atoms with Crippen LogP contribution < -0.4 is 22.1 Å². The Hall–Kier alpha value is -4.08. The molecule has 0 bridgehead atoms. The lowest BCUT2D eigenvalue weighted by Crippen LogP contribution is -2.19. The van der Waals surface area contributed by atoms with E-state index in [1.807, 2.05) is 0 Å². The van der Waals surface area contributed by atoms with Crippen molar-refractivity contribution in [3.05, 3.63) is 60.2 Å².